The van der Waals surface area contributed by atoms with Crippen LogP contribution >= 0.6 is 0 Å². The summed E-state index contributed by atoms with van der Waals surface area (Å²) in [6.45, 7) is 6.45. The molecule has 1 amide bonds. The lowest BCUT2D eigenvalue weighted by molar-refractivity contribution is 0.102. The van der Waals surface area contributed by atoms with Crippen molar-refractivity contribution in [1.29, 1.82) is 0 Å². The third-order valence-electron chi connectivity index (χ3n) is 5.23. The van der Waals surface area contributed by atoms with E-state index in [0.29, 0.717) is 23.4 Å². The Kier molecular flexibility index (Phi) is 5.19. The number of hydrogen-bond acceptors (Lipinski definition) is 3. The maximum absolute atomic E-state index is 13.0. The summed E-state index contributed by atoms with van der Waals surface area (Å²) in [6, 6.07) is 20.6. The number of nitrogens with zero attached hydrogens (tertiary/aromatic N) is 2. The van der Waals surface area contributed by atoms with Crippen molar-refractivity contribution in [2.45, 2.75) is 27.3 Å². The highest BCUT2D eigenvalue weighted by Crippen LogP contribution is 2.20. The molecule has 1 aromatic heterocycles. The van der Waals surface area contributed by atoms with Gasteiger partial charge in [0.2, 0.25) is 0 Å². The molecule has 1 N–H and O–H groups in total. The van der Waals surface area contributed by atoms with Gasteiger partial charge in [-0.15, -0.1) is 0 Å². The van der Waals surface area contributed by atoms with Crippen molar-refractivity contribution in [3.05, 3.63) is 93.8 Å². The minimum absolute atomic E-state index is 0.135. The second kappa shape index (κ2) is 7.95. The highest BCUT2D eigenvalue weighted by molar-refractivity contribution is 6.04. The Balaban J connectivity index is 1.67. The first-order valence-electron chi connectivity index (χ1n) is 9.96. The molecular weight excluding hydrogens is 374 g/mol. The SMILES string of the molecule is CCn1c(=O)c(-c2ccc(C(=O)Nc3cc(C)ccc3C)cc2)nc2ccccc21. The van der Waals surface area contributed by atoms with Crippen molar-refractivity contribution in [2.75, 3.05) is 5.32 Å². The summed E-state index contributed by atoms with van der Waals surface area (Å²) in [7, 11) is 0. The van der Waals surface area contributed by atoms with Gasteiger partial charge >= 0.3 is 0 Å². The molecule has 0 spiro atoms. The van der Waals surface area contributed by atoms with Crippen LogP contribution in [0.2, 0.25) is 0 Å². The van der Waals surface area contributed by atoms with Gasteiger partial charge in [0, 0.05) is 23.4 Å². The fraction of sp³-hybridized carbons (Fsp3) is 0.160. The van der Waals surface area contributed by atoms with Crippen molar-refractivity contribution in [2.24, 2.45) is 0 Å². The Bertz CT molecular complexity index is 1300. The van der Waals surface area contributed by atoms with E-state index in [1.807, 2.05) is 63.2 Å². The number of rotatable bonds is 4. The number of aromatic nitrogens is 2. The van der Waals surface area contributed by atoms with E-state index >= 15 is 0 Å². The average Bonchev–Trinajstić information content (AvgIpc) is 2.76. The van der Waals surface area contributed by atoms with Crippen molar-refractivity contribution in [3.63, 3.8) is 0 Å². The van der Waals surface area contributed by atoms with E-state index in [0.717, 1.165) is 27.8 Å². The summed E-state index contributed by atoms with van der Waals surface area (Å²) in [5, 5.41) is 2.96. The number of nitrogens with one attached hydrogen (secondary N) is 1. The number of hydrogen-bond donors (Lipinski definition) is 1. The van der Waals surface area contributed by atoms with Gasteiger partial charge < -0.3 is 9.88 Å². The number of amides is 1. The highest BCUT2D eigenvalue weighted by atomic mass is 16.1. The van der Waals surface area contributed by atoms with E-state index in [1.54, 1.807) is 28.8 Å². The van der Waals surface area contributed by atoms with E-state index in [-0.39, 0.29) is 11.5 Å². The largest absolute Gasteiger partial charge is 0.322 e. The van der Waals surface area contributed by atoms with E-state index in [9.17, 15) is 9.59 Å². The molecule has 0 fully saturated rings. The third kappa shape index (κ3) is 3.62. The summed E-state index contributed by atoms with van der Waals surface area (Å²) in [6.07, 6.45) is 0. The fourth-order valence-electron chi connectivity index (χ4n) is 3.54. The second-order valence-corrected chi connectivity index (χ2v) is 7.35. The molecular formula is C25H23N3O2. The second-order valence-electron chi connectivity index (χ2n) is 7.35. The molecule has 5 nitrogen and oxygen atoms in total. The number of benzene rings is 3. The maximum atomic E-state index is 13.0. The van der Waals surface area contributed by atoms with Gasteiger partial charge in [-0.3, -0.25) is 9.59 Å². The van der Waals surface area contributed by atoms with Gasteiger partial charge in [0.1, 0.15) is 5.69 Å². The monoisotopic (exact) mass is 397 g/mol. The van der Waals surface area contributed by atoms with Crippen LogP contribution in [0.25, 0.3) is 22.3 Å². The van der Waals surface area contributed by atoms with Crippen LogP contribution in [0, 0.1) is 13.8 Å². The Morgan fingerprint density at radius 2 is 1.73 bits per heavy atom. The quantitative estimate of drug-likeness (QED) is 0.530. The predicted octanol–water partition coefficient (Wildman–Crippen LogP) is 4.95. The number of aryl methyl sites for hydroxylation is 3. The molecule has 0 saturated carbocycles. The molecule has 1 heterocycles. The Morgan fingerprint density at radius 1 is 1.00 bits per heavy atom. The molecule has 0 bridgehead atoms. The minimum atomic E-state index is -0.187. The predicted molar refractivity (Wildman–Crippen MR) is 121 cm³/mol. The molecule has 4 aromatic rings. The van der Waals surface area contributed by atoms with Gasteiger partial charge in [0.05, 0.1) is 11.0 Å². The third-order valence-corrected chi connectivity index (χ3v) is 5.23. The van der Waals surface area contributed by atoms with Crippen molar-refractivity contribution >= 4 is 22.6 Å². The molecule has 4 rings (SSSR count). The van der Waals surface area contributed by atoms with Crippen LogP contribution in [-0.2, 0) is 6.54 Å². The van der Waals surface area contributed by atoms with Gasteiger partial charge in [-0.25, -0.2) is 4.98 Å². The van der Waals surface area contributed by atoms with Crippen molar-refractivity contribution < 1.29 is 4.79 Å². The minimum Gasteiger partial charge on any atom is -0.322 e. The topological polar surface area (TPSA) is 64.0 Å². The van der Waals surface area contributed by atoms with E-state index in [2.05, 4.69) is 10.3 Å². The van der Waals surface area contributed by atoms with Gasteiger partial charge in [-0.05, 0) is 62.2 Å². The summed E-state index contributed by atoms with van der Waals surface area (Å²) in [4.78, 5) is 30.2. The van der Waals surface area contributed by atoms with Crippen LogP contribution in [0.15, 0.2) is 71.5 Å². The summed E-state index contributed by atoms with van der Waals surface area (Å²) >= 11 is 0. The highest BCUT2D eigenvalue weighted by Gasteiger charge is 2.13. The number of carbonyl (C=O) groups is 1. The molecule has 0 radical (unpaired) electrons. The van der Waals surface area contributed by atoms with E-state index in [4.69, 9.17) is 0 Å². The number of carbonyl (C=O) groups excluding carboxylic acids is 1. The molecule has 0 unspecified atom stereocenters. The summed E-state index contributed by atoms with van der Waals surface area (Å²) < 4.78 is 1.72. The average molecular weight is 397 g/mol. The standard InChI is InChI=1S/C25H23N3O2/c1-4-28-22-8-6-5-7-20(22)26-23(25(28)30)18-11-13-19(14-12-18)24(29)27-21-15-16(2)9-10-17(21)3/h5-15H,4H2,1-3H3,(H,27,29). The zero-order valence-electron chi connectivity index (χ0n) is 17.3. The first-order chi connectivity index (χ1) is 14.5. The normalized spacial score (nSPS) is 10.9. The molecule has 3 aromatic carbocycles. The molecule has 5 heteroatoms. The first-order valence-corrected chi connectivity index (χ1v) is 9.96. The Hall–Kier alpha value is -3.73. The van der Waals surface area contributed by atoms with Crippen molar-refractivity contribution in [3.8, 4) is 11.3 Å². The zero-order valence-corrected chi connectivity index (χ0v) is 17.3. The number of fused-ring (bicyclic) bond motifs is 1. The maximum Gasteiger partial charge on any atom is 0.277 e. The molecule has 0 atom stereocenters. The molecule has 0 saturated heterocycles. The lowest BCUT2D eigenvalue weighted by Crippen LogP contribution is -2.23. The van der Waals surface area contributed by atoms with Gasteiger partial charge in [0.15, 0.2) is 0 Å². The molecule has 0 aliphatic rings. The Labute approximate surface area is 175 Å². The van der Waals surface area contributed by atoms with Gasteiger partial charge in [-0.2, -0.15) is 0 Å². The van der Waals surface area contributed by atoms with Crippen LogP contribution in [-0.4, -0.2) is 15.5 Å². The number of anilines is 1. The van der Waals surface area contributed by atoms with Gasteiger partial charge in [0.25, 0.3) is 11.5 Å². The van der Waals surface area contributed by atoms with Crippen LogP contribution in [0.3, 0.4) is 0 Å². The van der Waals surface area contributed by atoms with Crippen molar-refractivity contribution in [1.82, 2.24) is 9.55 Å². The number of para-hydroxylation sites is 2. The van der Waals surface area contributed by atoms with E-state index in [1.165, 1.54) is 0 Å². The molecule has 150 valence electrons. The Morgan fingerprint density at radius 3 is 2.47 bits per heavy atom. The smallest absolute Gasteiger partial charge is 0.277 e. The summed E-state index contributed by atoms with van der Waals surface area (Å²) in [5.41, 5.74) is 5.94. The van der Waals surface area contributed by atoms with Crippen LogP contribution in [0.5, 0.6) is 0 Å². The van der Waals surface area contributed by atoms with Crippen LogP contribution < -0.4 is 10.9 Å². The first kappa shape index (κ1) is 19.6. The van der Waals surface area contributed by atoms with Gasteiger partial charge in [-0.1, -0.05) is 36.4 Å². The molecule has 30 heavy (non-hydrogen) atoms. The lowest BCUT2D eigenvalue weighted by Gasteiger charge is -2.11. The van der Waals surface area contributed by atoms with E-state index < -0.39 is 0 Å². The summed E-state index contributed by atoms with van der Waals surface area (Å²) in [5.74, 6) is -0.187. The molecule has 0 aliphatic carbocycles. The molecule has 0 aliphatic heterocycles. The lowest BCUT2D eigenvalue weighted by atomic mass is 10.1. The fourth-order valence-corrected chi connectivity index (χ4v) is 3.54. The van der Waals surface area contributed by atoms with Crippen LogP contribution in [0.1, 0.15) is 28.4 Å². The van der Waals surface area contributed by atoms with Crippen LogP contribution in [0.4, 0.5) is 5.69 Å². The zero-order chi connectivity index (χ0) is 21.3.